The smallest absolute Gasteiger partial charge is 0.197 e. The summed E-state index contributed by atoms with van der Waals surface area (Å²) in [4.78, 5) is 0. The van der Waals surface area contributed by atoms with Crippen LogP contribution in [0.4, 0.5) is 10.8 Å². The molecule has 1 saturated heterocycles. The minimum Gasteiger partial charge on any atom is -0.487 e. The Bertz CT molecular complexity index is 356. The highest BCUT2D eigenvalue weighted by Crippen LogP contribution is 2.36. The maximum atomic E-state index is 5.74. The molecule has 0 aromatic carbocycles. The summed E-state index contributed by atoms with van der Waals surface area (Å²) in [6, 6.07) is 0.319. The Labute approximate surface area is 99.1 Å². The zero-order valence-electron chi connectivity index (χ0n) is 9.53. The number of nitrogen functional groups attached to an aromatic ring is 1. The van der Waals surface area contributed by atoms with Crippen LogP contribution in [0, 0.1) is 0 Å². The molecule has 90 valence electrons. The highest BCUT2D eigenvalue weighted by molar-refractivity contribution is 7.11. The lowest BCUT2D eigenvalue weighted by Crippen LogP contribution is -2.26. The van der Waals surface area contributed by atoms with Gasteiger partial charge in [0, 0.05) is 6.61 Å². The van der Waals surface area contributed by atoms with Crippen molar-refractivity contribution < 1.29 is 9.47 Å². The van der Waals surface area contributed by atoms with E-state index >= 15 is 0 Å². The summed E-state index contributed by atoms with van der Waals surface area (Å²) in [6.45, 7) is 5.39. The number of hydrogen-bond acceptors (Lipinski definition) is 6. The number of hydrogen-bond donors (Lipinski definition) is 2. The lowest BCUT2D eigenvalue weighted by molar-refractivity contribution is 0.121. The number of nitrogens with one attached hydrogen (secondary N) is 1. The molecule has 1 aliphatic heterocycles. The van der Waals surface area contributed by atoms with E-state index in [-0.39, 0.29) is 6.10 Å². The summed E-state index contributed by atoms with van der Waals surface area (Å²) in [6.07, 6.45) is 1.22. The van der Waals surface area contributed by atoms with Crippen LogP contribution in [0.1, 0.15) is 20.3 Å². The number of nitrogens with zero attached hydrogens (tertiary/aromatic N) is 1. The van der Waals surface area contributed by atoms with Crippen LogP contribution in [0.2, 0.25) is 0 Å². The van der Waals surface area contributed by atoms with E-state index in [0.717, 1.165) is 18.0 Å². The van der Waals surface area contributed by atoms with Crippen LogP contribution in [0.3, 0.4) is 0 Å². The van der Waals surface area contributed by atoms with Crippen molar-refractivity contribution in [2.45, 2.75) is 32.4 Å². The van der Waals surface area contributed by atoms with E-state index in [1.807, 2.05) is 6.92 Å². The highest BCUT2D eigenvalue weighted by Gasteiger charge is 2.26. The maximum Gasteiger partial charge on any atom is 0.197 e. The molecule has 0 saturated carbocycles. The third-order valence-electron chi connectivity index (χ3n) is 2.66. The predicted molar refractivity (Wildman–Crippen MR) is 65.1 cm³/mol. The van der Waals surface area contributed by atoms with Crippen molar-refractivity contribution in [3.63, 3.8) is 0 Å². The topological polar surface area (TPSA) is 69.4 Å². The average Bonchev–Trinajstić information content (AvgIpc) is 2.80. The summed E-state index contributed by atoms with van der Waals surface area (Å²) < 4.78 is 15.1. The van der Waals surface area contributed by atoms with Crippen molar-refractivity contribution >= 4 is 22.4 Å². The SMILES string of the molecule is CCOc1c(N)nsc1NC1CCOC1C. The molecule has 1 aromatic heterocycles. The summed E-state index contributed by atoms with van der Waals surface area (Å²) >= 11 is 1.34. The molecule has 1 fully saturated rings. The Morgan fingerprint density at radius 3 is 3.12 bits per heavy atom. The van der Waals surface area contributed by atoms with Crippen LogP contribution in [0.5, 0.6) is 5.75 Å². The fraction of sp³-hybridized carbons (Fsp3) is 0.700. The molecular formula is C10H17N3O2S. The first-order chi connectivity index (χ1) is 7.72. The van der Waals surface area contributed by atoms with Gasteiger partial charge in [-0.25, -0.2) is 0 Å². The first-order valence-corrected chi connectivity index (χ1v) is 6.25. The molecule has 2 unspecified atom stereocenters. The molecule has 1 aromatic rings. The van der Waals surface area contributed by atoms with Gasteiger partial charge in [-0.3, -0.25) is 0 Å². The standard InChI is InChI=1S/C10H17N3O2S/c1-3-14-8-9(11)13-16-10(8)12-7-4-5-15-6(7)2/h6-7,12H,3-5H2,1-2H3,(H2,11,13). The van der Waals surface area contributed by atoms with Gasteiger partial charge in [0.2, 0.25) is 0 Å². The minimum absolute atomic E-state index is 0.220. The lowest BCUT2D eigenvalue weighted by atomic mass is 10.1. The van der Waals surface area contributed by atoms with E-state index in [0.29, 0.717) is 24.2 Å². The Morgan fingerprint density at radius 1 is 1.69 bits per heavy atom. The van der Waals surface area contributed by atoms with Crippen molar-refractivity contribution in [1.82, 2.24) is 4.37 Å². The summed E-state index contributed by atoms with van der Waals surface area (Å²) in [5.41, 5.74) is 5.74. The van der Waals surface area contributed by atoms with Crippen LogP contribution in [-0.2, 0) is 4.74 Å². The first-order valence-electron chi connectivity index (χ1n) is 5.48. The Morgan fingerprint density at radius 2 is 2.50 bits per heavy atom. The van der Waals surface area contributed by atoms with Gasteiger partial charge in [0.25, 0.3) is 0 Å². The molecule has 1 aliphatic rings. The number of ether oxygens (including phenoxy) is 2. The van der Waals surface area contributed by atoms with Crippen LogP contribution in [0.25, 0.3) is 0 Å². The zero-order valence-corrected chi connectivity index (χ0v) is 10.3. The number of nitrogens with two attached hydrogens (primary N) is 1. The van der Waals surface area contributed by atoms with Gasteiger partial charge >= 0.3 is 0 Å². The lowest BCUT2D eigenvalue weighted by Gasteiger charge is -2.16. The van der Waals surface area contributed by atoms with Gasteiger partial charge in [-0.15, -0.1) is 0 Å². The number of aromatic nitrogens is 1. The largest absolute Gasteiger partial charge is 0.487 e. The van der Waals surface area contributed by atoms with E-state index in [2.05, 4.69) is 16.6 Å². The van der Waals surface area contributed by atoms with Crippen molar-refractivity contribution in [2.24, 2.45) is 0 Å². The quantitative estimate of drug-likeness (QED) is 0.842. The molecule has 0 spiro atoms. The minimum atomic E-state index is 0.220. The molecule has 0 amide bonds. The predicted octanol–water partition coefficient (Wildman–Crippen LogP) is 1.71. The second kappa shape index (κ2) is 4.88. The molecule has 16 heavy (non-hydrogen) atoms. The van der Waals surface area contributed by atoms with Crippen LogP contribution in [-0.4, -0.2) is 29.7 Å². The molecule has 0 bridgehead atoms. The van der Waals surface area contributed by atoms with Crippen molar-refractivity contribution in [2.75, 3.05) is 24.3 Å². The van der Waals surface area contributed by atoms with Gasteiger partial charge in [-0.2, -0.15) is 4.37 Å². The summed E-state index contributed by atoms with van der Waals surface area (Å²) in [7, 11) is 0. The Hall–Kier alpha value is -1.01. The average molecular weight is 243 g/mol. The molecule has 2 atom stereocenters. The molecule has 3 N–H and O–H groups in total. The van der Waals surface area contributed by atoms with Gasteiger partial charge in [-0.1, -0.05) is 0 Å². The van der Waals surface area contributed by atoms with Gasteiger partial charge in [0.05, 0.1) is 18.8 Å². The van der Waals surface area contributed by atoms with E-state index in [9.17, 15) is 0 Å². The Kier molecular flexibility index (Phi) is 3.50. The molecule has 0 radical (unpaired) electrons. The monoisotopic (exact) mass is 243 g/mol. The van der Waals surface area contributed by atoms with Crippen molar-refractivity contribution in [3.8, 4) is 5.75 Å². The molecule has 2 rings (SSSR count). The fourth-order valence-electron chi connectivity index (χ4n) is 1.76. The van der Waals surface area contributed by atoms with E-state index < -0.39 is 0 Å². The summed E-state index contributed by atoms with van der Waals surface area (Å²) in [5.74, 6) is 1.13. The molecule has 6 heteroatoms. The molecule has 0 aliphatic carbocycles. The van der Waals surface area contributed by atoms with Gasteiger partial charge in [-0.05, 0) is 31.8 Å². The third-order valence-corrected chi connectivity index (χ3v) is 3.43. The second-order valence-electron chi connectivity index (χ2n) is 3.77. The van der Waals surface area contributed by atoms with E-state index in [4.69, 9.17) is 15.2 Å². The normalized spacial score (nSPS) is 24.6. The highest BCUT2D eigenvalue weighted by atomic mass is 32.1. The van der Waals surface area contributed by atoms with Crippen LogP contribution >= 0.6 is 11.5 Å². The van der Waals surface area contributed by atoms with Crippen molar-refractivity contribution in [1.29, 1.82) is 0 Å². The van der Waals surface area contributed by atoms with Gasteiger partial charge < -0.3 is 20.5 Å². The molecular weight excluding hydrogens is 226 g/mol. The molecule has 5 nitrogen and oxygen atoms in total. The van der Waals surface area contributed by atoms with E-state index in [1.165, 1.54) is 11.5 Å². The number of anilines is 2. The maximum absolute atomic E-state index is 5.74. The first kappa shape index (κ1) is 11.5. The van der Waals surface area contributed by atoms with Crippen molar-refractivity contribution in [3.05, 3.63) is 0 Å². The number of rotatable bonds is 4. The zero-order chi connectivity index (χ0) is 11.5. The molecule has 2 heterocycles. The second-order valence-corrected chi connectivity index (χ2v) is 4.55. The van der Waals surface area contributed by atoms with Gasteiger partial charge in [0.15, 0.2) is 16.6 Å². The third kappa shape index (κ3) is 2.22. The van der Waals surface area contributed by atoms with Crippen LogP contribution in [0.15, 0.2) is 0 Å². The summed E-state index contributed by atoms with van der Waals surface area (Å²) in [5, 5.41) is 4.30. The van der Waals surface area contributed by atoms with Gasteiger partial charge in [0.1, 0.15) is 0 Å². The van der Waals surface area contributed by atoms with E-state index in [1.54, 1.807) is 0 Å². The van der Waals surface area contributed by atoms with Crippen LogP contribution < -0.4 is 15.8 Å². The fourth-order valence-corrected chi connectivity index (χ4v) is 2.48. The Balaban J connectivity index is 2.08.